The average Bonchev–Trinajstić information content (AvgIpc) is 2.67. The molecule has 152 valence electrons. The van der Waals surface area contributed by atoms with Crippen LogP contribution in [0.25, 0.3) is 0 Å². The van der Waals surface area contributed by atoms with Gasteiger partial charge >= 0.3 is 7.60 Å². The molecule has 2 aromatic carbocycles. The number of rotatable bonds is 10. The second-order valence-electron chi connectivity index (χ2n) is 6.95. The predicted octanol–water partition coefficient (Wildman–Crippen LogP) is 6.18. The summed E-state index contributed by atoms with van der Waals surface area (Å²) in [6, 6.07) is 11.7. The van der Waals surface area contributed by atoms with Crippen molar-refractivity contribution in [1.29, 1.82) is 0 Å². The molecule has 0 bridgehead atoms. The smallest absolute Gasteiger partial charge is 0.415 e. The molecule has 0 aromatic heterocycles. The number of benzene rings is 2. The zero-order valence-electron chi connectivity index (χ0n) is 17.6. The highest BCUT2D eigenvalue weighted by atomic mass is 31.2. The van der Waals surface area contributed by atoms with Gasteiger partial charge in [0.15, 0.2) is 0 Å². The number of carbonyl (C=O) groups excluding carboxylic acids is 1. The van der Waals surface area contributed by atoms with Crippen LogP contribution in [0, 0.1) is 0 Å². The maximum absolute atomic E-state index is 13.5. The standard InChI is InChI=1S/C23H31O4P/c1-6-18-10-12-22(20(8-3)14-18)26-28(25,16-17(5)24)27-23-13-11-19(7-2)15-21(23)9-4/h10-15H,6-9,16H2,1-5H3. The normalized spacial score (nSPS) is 11.3. The van der Waals surface area contributed by atoms with Gasteiger partial charge in [0.05, 0.1) is 0 Å². The van der Waals surface area contributed by atoms with Crippen molar-refractivity contribution in [1.82, 2.24) is 0 Å². The van der Waals surface area contributed by atoms with E-state index < -0.39 is 7.60 Å². The molecule has 0 radical (unpaired) electrons. The summed E-state index contributed by atoms with van der Waals surface area (Å²) in [6.07, 6.45) is 3.06. The molecule has 0 spiro atoms. The van der Waals surface area contributed by atoms with Gasteiger partial charge in [0.1, 0.15) is 23.4 Å². The van der Waals surface area contributed by atoms with Gasteiger partial charge in [0.25, 0.3) is 0 Å². The third-order valence-corrected chi connectivity index (χ3v) is 6.50. The first-order valence-electron chi connectivity index (χ1n) is 10.0. The molecule has 0 atom stereocenters. The maximum Gasteiger partial charge on any atom is 0.438 e. The van der Waals surface area contributed by atoms with E-state index in [0.29, 0.717) is 11.5 Å². The molecule has 28 heavy (non-hydrogen) atoms. The van der Waals surface area contributed by atoms with Crippen molar-refractivity contribution in [2.75, 3.05) is 6.16 Å². The molecule has 0 saturated carbocycles. The molecule has 0 aliphatic rings. The van der Waals surface area contributed by atoms with Crippen LogP contribution in [0.5, 0.6) is 11.5 Å². The number of hydrogen-bond acceptors (Lipinski definition) is 4. The van der Waals surface area contributed by atoms with Crippen LogP contribution < -0.4 is 9.05 Å². The van der Waals surface area contributed by atoms with Crippen LogP contribution in [-0.4, -0.2) is 11.9 Å². The third kappa shape index (κ3) is 5.72. The van der Waals surface area contributed by atoms with Crippen LogP contribution in [0.15, 0.2) is 36.4 Å². The third-order valence-electron chi connectivity index (χ3n) is 4.72. The van der Waals surface area contributed by atoms with Gasteiger partial charge in [-0.3, -0.25) is 4.79 Å². The number of ketones is 1. The van der Waals surface area contributed by atoms with Crippen molar-refractivity contribution in [3.8, 4) is 11.5 Å². The highest BCUT2D eigenvalue weighted by Gasteiger charge is 2.32. The SMILES string of the molecule is CCc1ccc(OP(=O)(CC(C)=O)Oc2ccc(CC)cc2CC)c(CC)c1. The van der Waals surface area contributed by atoms with Gasteiger partial charge < -0.3 is 9.05 Å². The summed E-state index contributed by atoms with van der Waals surface area (Å²) in [7, 11) is -3.70. The lowest BCUT2D eigenvalue weighted by Gasteiger charge is -2.22. The Hall–Kier alpha value is -2.06. The lowest BCUT2D eigenvalue weighted by Crippen LogP contribution is -2.12. The monoisotopic (exact) mass is 402 g/mol. The second kappa shape index (κ2) is 9.93. The van der Waals surface area contributed by atoms with Crippen LogP contribution in [0.4, 0.5) is 0 Å². The second-order valence-corrected chi connectivity index (χ2v) is 8.86. The highest BCUT2D eigenvalue weighted by Crippen LogP contribution is 2.50. The largest absolute Gasteiger partial charge is 0.438 e. The zero-order chi connectivity index (χ0) is 20.7. The van der Waals surface area contributed by atoms with E-state index in [2.05, 4.69) is 26.0 Å². The highest BCUT2D eigenvalue weighted by molar-refractivity contribution is 7.55. The molecule has 2 rings (SSSR count). The fourth-order valence-corrected chi connectivity index (χ4v) is 4.76. The van der Waals surface area contributed by atoms with E-state index >= 15 is 0 Å². The Balaban J connectivity index is 2.40. The fourth-order valence-electron chi connectivity index (χ4n) is 3.09. The van der Waals surface area contributed by atoms with Crippen molar-refractivity contribution in [2.24, 2.45) is 0 Å². The first-order chi connectivity index (χ1) is 13.3. The molecule has 2 aromatic rings. The predicted molar refractivity (Wildman–Crippen MR) is 115 cm³/mol. The molecule has 0 saturated heterocycles. The zero-order valence-corrected chi connectivity index (χ0v) is 18.5. The summed E-state index contributed by atoms with van der Waals surface area (Å²) >= 11 is 0. The van der Waals surface area contributed by atoms with Gasteiger partial charge in [-0.25, -0.2) is 4.57 Å². The van der Waals surface area contributed by atoms with E-state index in [0.717, 1.165) is 36.8 Å². The van der Waals surface area contributed by atoms with Crippen LogP contribution in [-0.2, 0) is 35.0 Å². The Bertz CT molecular complexity index is 811. The van der Waals surface area contributed by atoms with Gasteiger partial charge in [0, 0.05) is 0 Å². The van der Waals surface area contributed by atoms with E-state index in [-0.39, 0.29) is 11.9 Å². The first-order valence-corrected chi connectivity index (χ1v) is 11.8. The minimum atomic E-state index is -3.70. The van der Waals surface area contributed by atoms with Crippen LogP contribution in [0.1, 0.15) is 56.9 Å². The number of hydrogen-bond donors (Lipinski definition) is 0. The van der Waals surface area contributed by atoms with Crippen molar-refractivity contribution >= 4 is 13.4 Å². The molecule has 0 N–H and O–H groups in total. The Labute approximate surface area is 168 Å². The Kier molecular flexibility index (Phi) is 7.88. The summed E-state index contributed by atoms with van der Waals surface area (Å²) in [6.45, 7) is 9.63. The molecule has 4 nitrogen and oxygen atoms in total. The van der Waals surface area contributed by atoms with Crippen LogP contribution in [0.2, 0.25) is 0 Å². The van der Waals surface area contributed by atoms with E-state index in [1.807, 2.05) is 38.1 Å². The van der Waals surface area contributed by atoms with Gasteiger partial charge in [-0.2, -0.15) is 0 Å². The molecule has 0 fully saturated rings. The van der Waals surface area contributed by atoms with Gasteiger partial charge in [-0.1, -0.05) is 52.0 Å². The van der Waals surface area contributed by atoms with E-state index in [4.69, 9.17) is 9.05 Å². The topological polar surface area (TPSA) is 52.6 Å². The molecule has 0 heterocycles. The molecule has 0 amide bonds. The minimum absolute atomic E-state index is 0.227. The maximum atomic E-state index is 13.5. The molecule has 0 unspecified atom stereocenters. The summed E-state index contributed by atoms with van der Waals surface area (Å²) in [5.41, 5.74) is 4.30. The van der Waals surface area contributed by atoms with Gasteiger partial charge in [-0.15, -0.1) is 0 Å². The Morgan fingerprint density at radius 1 is 0.786 bits per heavy atom. The average molecular weight is 402 g/mol. The number of carbonyl (C=O) groups is 1. The van der Waals surface area contributed by atoms with E-state index in [1.54, 1.807) is 0 Å². The number of Topliss-reactive ketones (excluding diaryl/α,β-unsaturated/α-hetero) is 1. The van der Waals surface area contributed by atoms with Crippen molar-refractivity contribution < 1.29 is 18.4 Å². The fraction of sp³-hybridized carbons (Fsp3) is 0.435. The van der Waals surface area contributed by atoms with Crippen molar-refractivity contribution in [3.63, 3.8) is 0 Å². The first kappa shape index (κ1) is 22.2. The minimum Gasteiger partial charge on any atom is -0.415 e. The summed E-state index contributed by atoms with van der Waals surface area (Å²) in [5.74, 6) is 0.815. The molecule has 0 aliphatic heterocycles. The van der Waals surface area contributed by atoms with Crippen LogP contribution in [0.3, 0.4) is 0 Å². The lowest BCUT2D eigenvalue weighted by atomic mass is 10.1. The van der Waals surface area contributed by atoms with Crippen LogP contribution >= 0.6 is 7.60 Å². The number of aryl methyl sites for hydroxylation is 4. The Morgan fingerprint density at radius 2 is 1.21 bits per heavy atom. The summed E-state index contributed by atoms with van der Waals surface area (Å²) < 4.78 is 25.4. The summed E-state index contributed by atoms with van der Waals surface area (Å²) in [4.78, 5) is 11.8. The van der Waals surface area contributed by atoms with E-state index in [1.165, 1.54) is 18.1 Å². The van der Waals surface area contributed by atoms with Crippen molar-refractivity contribution in [2.45, 2.75) is 60.3 Å². The van der Waals surface area contributed by atoms with Crippen molar-refractivity contribution in [3.05, 3.63) is 58.7 Å². The van der Waals surface area contributed by atoms with Gasteiger partial charge in [0.2, 0.25) is 0 Å². The molecular weight excluding hydrogens is 371 g/mol. The summed E-state index contributed by atoms with van der Waals surface area (Å²) in [5, 5.41) is 0. The quantitative estimate of drug-likeness (QED) is 0.446. The molecule has 5 heteroatoms. The molecular formula is C23H31O4P. The van der Waals surface area contributed by atoms with Gasteiger partial charge in [-0.05, 0) is 67.0 Å². The lowest BCUT2D eigenvalue weighted by molar-refractivity contribution is -0.114. The van der Waals surface area contributed by atoms with E-state index in [9.17, 15) is 9.36 Å². The molecule has 0 aliphatic carbocycles. The Morgan fingerprint density at radius 3 is 1.54 bits per heavy atom.